The molecule has 1 aliphatic rings. The smallest absolute Gasteiger partial charge is 0.272 e. The molecule has 4 heterocycles. The molecule has 1 aromatic carbocycles. The van der Waals surface area contributed by atoms with E-state index in [-0.39, 0.29) is 34.5 Å². The lowest BCUT2D eigenvalue weighted by molar-refractivity contribution is 0.0993. The average Bonchev–Trinajstić information content (AvgIpc) is 3.40. The Balaban J connectivity index is 1.81. The van der Waals surface area contributed by atoms with E-state index in [0.717, 1.165) is 5.56 Å². The highest BCUT2D eigenvalue weighted by Crippen LogP contribution is 2.46. The number of halogens is 1. The van der Waals surface area contributed by atoms with Crippen molar-refractivity contribution >= 4 is 29.1 Å². The lowest BCUT2D eigenvalue weighted by Gasteiger charge is -2.28. The van der Waals surface area contributed by atoms with Crippen LogP contribution in [0.2, 0.25) is 5.02 Å². The van der Waals surface area contributed by atoms with Crippen molar-refractivity contribution in [1.82, 2.24) is 19.5 Å². The van der Waals surface area contributed by atoms with Gasteiger partial charge in [0.15, 0.2) is 0 Å². The van der Waals surface area contributed by atoms with Crippen LogP contribution in [-0.4, -0.2) is 32.5 Å². The van der Waals surface area contributed by atoms with Gasteiger partial charge in [0.2, 0.25) is 11.8 Å². The summed E-state index contributed by atoms with van der Waals surface area (Å²) in [6, 6.07) is 11.5. The minimum atomic E-state index is -0.674. The number of fused-ring (bicyclic) bond motifs is 1. The fourth-order valence-corrected chi connectivity index (χ4v) is 4.91. The first-order chi connectivity index (χ1) is 17.7. The number of pyridine rings is 1. The molecular formula is C26H22ClN7O3. The molecule has 3 aromatic heterocycles. The average molecular weight is 516 g/mol. The summed E-state index contributed by atoms with van der Waals surface area (Å²) in [5.41, 5.74) is 8.96. The monoisotopic (exact) mass is 515 g/mol. The van der Waals surface area contributed by atoms with Crippen LogP contribution in [0, 0.1) is 11.3 Å². The van der Waals surface area contributed by atoms with Gasteiger partial charge >= 0.3 is 0 Å². The van der Waals surface area contributed by atoms with Gasteiger partial charge in [-0.1, -0.05) is 23.7 Å². The number of methoxy groups -OCH3 is 1. The molecular weight excluding hydrogens is 494 g/mol. The Hall–Kier alpha value is -4.62. The van der Waals surface area contributed by atoms with Crippen LogP contribution in [0.1, 0.15) is 53.1 Å². The van der Waals surface area contributed by atoms with Crippen molar-refractivity contribution in [3.63, 3.8) is 0 Å². The maximum atomic E-state index is 14.0. The van der Waals surface area contributed by atoms with Crippen LogP contribution in [0.5, 0.6) is 5.88 Å². The summed E-state index contributed by atoms with van der Waals surface area (Å²) in [6.07, 6.45) is 2.93. The zero-order valence-corrected chi connectivity index (χ0v) is 20.9. The number of aromatic amines is 1. The summed E-state index contributed by atoms with van der Waals surface area (Å²) < 4.78 is 7.47. The molecule has 1 unspecified atom stereocenters. The van der Waals surface area contributed by atoms with Crippen LogP contribution in [0.15, 0.2) is 53.6 Å². The number of anilines is 2. The minimum Gasteiger partial charge on any atom is -0.480 e. The van der Waals surface area contributed by atoms with Crippen molar-refractivity contribution in [3.05, 3.63) is 86.6 Å². The van der Waals surface area contributed by atoms with E-state index in [9.17, 15) is 14.9 Å². The van der Waals surface area contributed by atoms with Gasteiger partial charge in [-0.3, -0.25) is 14.5 Å². The molecule has 186 valence electrons. The molecule has 1 amide bonds. The van der Waals surface area contributed by atoms with Gasteiger partial charge in [0.1, 0.15) is 11.7 Å². The maximum Gasteiger partial charge on any atom is 0.272 e. The van der Waals surface area contributed by atoms with Crippen LogP contribution in [0.3, 0.4) is 0 Å². The van der Waals surface area contributed by atoms with Crippen LogP contribution < -0.4 is 20.9 Å². The van der Waals surface area contributed by atoms with Crippen molar-refractivity contribution in [1.29, 1.82) is 5.26 Å². The summed E-state index contributed by atoms with van der Waals surface area (Å²) in [5.74, 6) is -0.0297. The van der Waals surface area contributed by atoms with Crippen molar-refractivity contribution < 1.29 is 9.53 Å². The third kappa shape index (κ3) is 3.90. The van der Waals surface area contributed by atoms with Crippen molar-refractivity contribution in [2.24, 2.45) is 0 Å². The maximum absolute atomic E-state index is 14.0. The quantitative estimate of drug-likeness (QED) is 0.407. The van der Waals surface area contributed by atoms with Gasteiger partial charge in [-0.25, -0.2) is 4.98 Å². The van der Waals surface area contributed by atoms with Crippen molar-refractivity contribution in [3.8, 4) is 23.2 Å². The lowest BCUT2D eigenvalue weighted by atomic mass is 10.0. The Morgan fingerprint density at radius 1 is 1.19 bits per heavy atom. The first-order valence-corrected chi connectivity index (χ1v) is 11.8. The first-order valence-electron chi connectivity index (χ1n) is 11.4. The van der Waals surface area contributed by atoms with Crippen LogP contribution in [0.25, 0.3) is 11.3 Å². The van der Waals surface area contributed by atoms with Gasteiger partial charge in [0, 0.05) is 18.4 Å². The summed E-state index contributed by atoms with van der Waals surface area (Å²) in [5, 5.41) is 9.58. The second-order valence-electron chi connectivity index (χ2n) is 8.79. The Morgan fingerprint density at radius 3 is 2.57 bits per heavy atom. The zero-order chi connectivity index (χ0) is 26.4. The SMILES string of the molecule is COc1nc(N)ncc1-c1cc2c(n1C(C)C)C(c1ccc(C#N)cc1)N(c1cc(Cl)c[nH]c1=O)C2=O. The number of amides is 1. The minimum absolute atomic E-state index is 0.0636. The molecule has 4 aromatic rings. The van der Waals surface area contributed by atoms with Crippen molar-refractivity contribution in [2.45, 2.75) is 25.9 Å². The van der Waals surface area contributed by atoms with E-state index in [1.54, 1.807) is 36.5 Å². The molecule has 0 fully saturated rings. The second-order valence-corrected chi connectivity index (χ2v) is 9.22. The summed E-state index contributed by atoms with van der Waals surface area (Å²) in [6.45, 7) is 3.98. The summed E-state index contributed by atoms with van der Waals surface area (Å²) >= 11 is 6.21. The van der Waals surface area contributed by atoms with E-state index >= 15 is 0 Å². The number of hydrogen-bond donors (Lipinski definition) is 2. The third-order valence-corrected chi connectivity index (χ3v) is 6.48. The summed E-state index contributed by atoms with van der Waals surface area (Å²) in [7, 11) is 1.49. The number of benzene rings is 1. The van der Waals surface area contributed by atoms with E-state index in [1.165, 1.54) is 24.3 Å². The Kier molecular flexibility index (Phi) is 5.93. The summed E-state index contributed by atoms with van der Waals surface area (Å²) in [4.78, 5) is 39.2. The number of nitrogens with zero attached hydrogens (tertiary/aromatic N) is 5. The highest BCUT2D eigenvalue weighted by Gasteiger charge is 2.44. The number of nitrogens with one attached hydrogen (secondary N) is 1. The number of hydrogen-bond acceptors (Lipinski definition) is 7. The molecule has 10 nitrogen and oxygen atoms in total. The van der Waals surface area contributed by atoms with Gasteiger partial charge in [-0.15, -0.1) is 0 Å². The molecule has 0 spiro atoms. The van der Waals surface area contributed by atoms with E-state index < -0.39 is 11.6 Å². The molecule has 11 heteroatoms. The van der Waals surface area contributed by atoms with E-state index in [0.29, 0.717) is 28.1 Å². The molecule has 3 N–H and O–H groups in total. The second kappa shape index (κ2) is 9.11. The molecule has 1 aliphatic heterocycles. The highest BCUT2D eigenvalue weighted by atomic mass is 35.5. The van der Waals surface area contributed by atoms with Gasteiger partial charge in [-0.05, 0) is 43.7 Å². The molecule has 0 radical (unpaired) electrons. The van der Waals surface area contributed by atoms with E-state index in [4.69, 9.17) is 22.1 Å². The number of nitriles is 1. The van der Waals surface area contributed by atoms with Gasteiger partial charge in [0.25, 0.3) is 11.5 Å². The van der Waals surface area contributed by atoms with E-state index in [2.05, 4.69) is 21.0 Å². The molecule has 5 rings (SSSR count). The number of nitrogen functional groups attached to an aromatic ring is 1. The number of H-pyrrole nitrogens is 1. The number of aromatic nitrogens is 4. The standard InChI is InChI=1S/C26H22ClN7O3/c1-13(2)33-19(18-12-31-26(29)32-24(18)37-3)9-17-22(33)21(15-6-4-14(10-28)5-7-15)34(25(17)36)20-8-16(27)11-30-23(20)35/h4-9,11-13,21H,1-3H3,(H,30,35)(H2,29,31,32). The molecule has 0 bridgehead atoms. The predicted molar refractivity (Wildman–Crippen MR) is 139 cm³/mol. The largest absolute Gasteiger partial charge is 0.480 e. The van der Waals surface area contributed by atoms with Gasteiger partial charge < -0.3 is 20.0 Å². The molecule has 0 saturated carbocycles. The zero-order valence-electron chi connectivity index (χ0n) is 20.2. The predicted octanol–water partition coefficient (Wildman–Crippen LogP) is 4.08. The topological polar surface area (TPSA) is 143 Å². The first kappa shape index (κ1) is 24.1. The lowest BCUT2D eigenvalue weighted by Crippen LogP contribution is -2.34. The normalized spacial score (nSPS) is 14.6. The fourth-order valence-electron chi connectivity index (χ4n) is 4.75. The number of carbonyl (C=O) groups excluding carboxylic acids is 1. The molecule has 1 atom stereocenters. The molecule has 37 heavy (non-hydrogen) atoms. The number of carbonyl (C=O) groups is 1. The molecule has 0 aliphatic carbocycles. The van der Waals surface area contributed by atoms with Gasteiger partial charge in [-0.2, -0.15) is 10.2 Å². The number of rotatable bonds is 5. The van der Waals surface area contributed by atoms with Crippen LogP contribution in [0.4, 0.5) is 11.6 Å². The van der Waals surface area contributed by atoms with Crippen LogP contribution in [-0.2, 0) is 0 Å². The molecule has 0 saturated heterocycles. The Morgan fingerprint density at radius 2 is 1.92 bits per heavy atom. The van der Waals surface area contributed by atoms with Gasteiger partial charge in [0.05, 0.1) is 46.3 Å². The van der Waals surface area contributed by atoms with Crippen molar-refractivity contribution in [2.75, 3.05) is 17.7 Å². The van der Waals surface area contributed by atoms with E-state index in [1.807, 2.05) is 18.4 Å². The fraction of sp³-hybridized carbons (Fsp3) is 0.192. The number of ether oxygens (including phenoxy) is 1. The number of nitrogens with two attached hydrogens (primary N) is 1. The highest BCUT2D eigenvalue weighted by molar-refractivity contribution is 6.30. The van der Waals surface area contributed by atoms with Crippen LogP contribution >= 0.6 is 11.6 Å². The Labute approximate surface area is 216 Å². The third-order valence-electron chi connectivity index (χ3n) is 6.26. The Bertz CT molecular complexity index is 1630.